The summed E-state index contributed by atoms with van der Waals surface area (Å²) in [5.74, 6) is 1.41. The maximum Gasteiger partial charge on any atom is 0.410 e. The molecule has 10 nitrogen and oxygen atoms in total. The van der Waals surface area contributed by atoms with Crippen LogP contribution in [-0.4, -0.2) is 81.7 Å². The predicted octanol–water partition coefficient (Wildman–Crippen LogP) is 3.21. The second kappa shape index (κ2) is 9.87. The minimum absolute atomic E-state index is 0.153. The lowest BCUT2D eigenvalue weighted by Crippen LogP contribution is -2.42. The van der Waals surface area contributed by atoms with Crippen LogP contribution in [0.4, 0.5) is 10.7 Å². The van der Waals surface area contributed by atoms with Gasteiger partial charge in [-0.15, -0.1) is 11.3 Å². The molecule has 0 saturated carbocycles. The number of likely N-dealkylation sites (tertiary alicyclic amines) is 1. The number of anilines is 1. The van der Waals surface area contributed by atoms with Gasteiger partial charge in [-0.05, 0) is 40.0 Å². The van der Waals surface area contributed by atoms with E-state index in [-0.39, 0.29) is 12.1 Å². The van der Waals surface area contributed by atoms with Crippen LogP contribution in [0.1, 0.15) is 56.7 Å². The molecule has 0 bridgehead atoms. The molecule has 5 rings (SSSR count). The van der Waals surface area contributed by atoms with E-state index < -0.39 is 11.7 Å². The lowest BCUT2D eigenvalue weighted by molar-refractivity contribution is -0.0136. The third-order valence-electron chi connectivity index (χ3n) is 6.42. The summed E-state index contributed by atoms with van der Waals surface area (Å²) in [4.78, 5) is 29.4. The molecule has 0 unspecified atom stereocenters. The Hall–Kier alpha value is -2.50. The minimum atomic E-state index is -0.598. The molecule has 2 atom stereocenters. The molecule has 0 spiro atoms. The number of nitrogens with one attached hydrogen (secondary N) is 1. The third-order valence-corrected chi connectivity index (χ3v) is 7.68. The van der Waals surface area contributed by atoms with Crippen molar-refractivity contribution in [3.8, 4) is 16.3 Å². The summed E-state index contributed by atoms with van der Waals surface area (Å²) in [7, 11) is 0. The van der Waals surface area contributed by atoms with Crippen molar-refractivity contribution in [2.24, 2.45) is 0 Å². The molecule has 2 aromatic heterocycles. The summed E-state index contributed by atoms with van der Waals surface area (Å²) >= 11 is 1.66. The van der Waals surface area contributed by atoms with Gasteiger partial charge in [0.1, 0.15) is 11.3 Å². The number of ether oxygens (including phenoxy) is 3. The van der Waals surface area contributed by atoms with E-state index in [1.54, 1.807) is 22.4 Å². The van der Waals surface area contributed by atoms with Crippen molar-refractivity contribution in [2.45, 2.75) is 70.1 Å². The fourth-order valence-corrected chi connectivity index (χ4v) is 5.83. The fraction of sp³-hybridized carbons (Fsp3) is 0.667. The first-order valence-electron chi connectivity index (χ1n) is 12.3. The maximum absolute atomic E-state index is 12.4. The van der Waals surface area contributed by atoms with Gasteiger partial charge >= 0.3 is 6.09 Å². The zero-order valence-corrected chi connectivity index (χ0v) is 21.3. The molecule has 1 amide bonds. The smallest absolute Gasteiger partial charge is 0.410 e. The highest BCUT2D eigenvalue weighted by Gasteiger charge is 2.31. The van der Waals surface area contributed by atoms with E-state index in [0.717, 1.165) is 34.1 Å². The molecule has 190 valence electrons. The Kier molecular flexibility index (Phi) is 6.82. The molecule has 11 heteroatoms. The number of aliphatic hydroxyl groups excluding tert-OH is 1. The SMILES string of the molecule is CC(C)(C)OC(=O)N1CCC(c2nc3c(s2)-c2nc(N[C@@H]4CCOC[C@H]4O)ncc2OCC3)CC1. The molecule has 0 radical (unpaired) electrons. The lowest BCUT2D eigenvalue weighted by Gasteiger charge is -2.32. The Balaban J connectivity index is 1.31. The average Bonchev–Trinajstić information content (AvgIpc) is 3.17. The van der Waals surface area contributed by atoms with Gasteiger partial charge in [-0.2, -0.15) is 0 Å². The Morgan fingerprint density at radius 1 is 1.23 bits per heavy atom. The maximum atomic E-state index is 12.4. The van der Waals surface area contributed by atoms with E-state index >= 15 is 0 Å². The number of aromatic nitrogens is 3. The highest BCUT2D eigenvalue weighted by Crippen LogP contribution is 2.42. The first kappa shape index (κ1) is 24.2. The normalized spacial score (nSPS) is 23.0. The second-order valence-electron chi connectivity index (χ2n) is 10.3. The zero-order valence-electron chi connectivity index (χ0n) is 20.5. The van der Waals surface area contributed by atoms with Gasteiger partial charge in [0.05, 0.1) is 47.1 Å². The summed E-state index contributed by atoms with van der Waals surface area (Å²) in [6, 6.07) is -0.153. The van der Waals surface area contributed by atoms with Crippen molar-refractivity contribution >= 4 is 23.4 Å². The van der Waals surface area contributed by atoms with E-state index in [1.165, 1.54) is 0 Å². The number of hydrogen-bond acceptors (Lipinski definition) is 10. The predicted molar refractivity (Wildman–Crippen MR) is 131 cm³/mol. The van der Waals surface area contributed by atoms with Gasteiger partial charge in [-0.3, -0.25) is 0 Å². The van der Waals surface area contributed by atoms with Crippen LogP contribution in [-0.2, 0) is 15.9 Å². The van der Waals surface area contributed by atoms with Gasteiger partial charge in [0.25, 0.3) is 0 Å². The van der Waals surface area contributed by atoms with Crippen molar-refractivity contribution < 1.29 is 24.1 Å². The Bertz CT molecular complexity index is 1060. The van der Waals surface area contributed by atoms with Crippen molar-refractivity contribution in [2.75, 3.05) is 38.2 Å². The second-order valence-corrected chi connectivity index (χ2v) is 11.3. The number of aliphatic hydroxyl groups is 1. The summed E-state index contributed by atoms with van der Waals surface area (Å²) in [5.41, 5.74) is 1.25. The summed E-state index contributed by atoms with van der Waals surface area (Å²) in [6.07, 6.45) is 3.96. The average molecular weight is 504 g/mol. The topological polar surface area (TPSA) is 119 Å². The largest absolute Gasteiger partial charge is 0.489 e. The van der Waals surface area contributed by atoms with Crippen molar-refractivity contribution in [3.05, 3.63) is 16.9 Å². The highest BCUT2D eigenvalue weighted by molar-refractivity contribution is 7.15. The van der Waals surface area contributed by atoms with Crippen LogP contribution >= 0.6 is 11.3 Å². The fourth-order valence-electron chi connectivity index (χ4n) is 4.56. The van der Waals surface area contributed by atoms with Crippen LogP contribution in [0.3, 0.4) is 0 Å². The van der Waals surface area contributed by atoms with E-state index in [4.69, 9.17) is 24.2 Å². The molecule has 2 saturated heterocycles. The third kappa shape index (κ3) is 5.52. The molecule has 0 aromatic carbocycles. The number of fused-ring (bicyclic) bond motifs is 3. The van der Waals surface area contributed by atoms with Gasteiger partial charge in [0.15, 0.2) is 5.75 Å². The van der Waals surface area contributed by atoms with Crippen LogP contribution in [0, 0.1) is 0 Å². The van der Waals surface area contributed by atoms with Crippen molar-refractivity contribution in [1.82, 2.24) is 19.9 Å². The van der Waals surface area contributed by atoms with Gasteiger partial charge in [0.2, 0.25) is 5.95 Å². The van der Waals surface area contributed by atoms with Crippen molar-refractivity contribution in [3.63, 3.8) is 0 Å². The molecule has 2 N–H and O–H groups in total. The standard InChI is InChI=1S/C24H33N5O5S/c1-24(2,3)34-23(31)29-8-4-14(5-9-29)21-26-16-7-11-33-18-12-25-22(28-19(18)20(16)35-21)27-15-6-10-32-13-17(15)30/h12,14-15,17,30H,4-11,13H2,1-3H3,(H,25,27,28)/t15-,17-/m1/s1. The number of thiazole rings is 1. The Morgan fingerprint density at radius 2 is 2.03 bits per heavy atom. The Morgan fingerprint density at radius 3 is 2.77 bits per heavy atom. The number of nitrogens with zero attached hydrogens (tertiary/aromatic N) is 4. The number of carbonyl (C=O) groups is 1. The zero-order chi connectivity index (χ0) is 24.6. The first-order chi connectivity index (χ1) is 16.8. The van der Waals surface area contributed by atoms with E-state index in [0.29, 0.717) is 63.4 Å². The van der Waals surface area contributed by atoms with Crippen molar-refractivity contribution in [1.29, 1.82) is 0 Å². The van der Waals surface area contributed by atoms with Gasteiger partial charge in [-0.25, -0.2) is 19.7 Å². The number of carbonyl (C=O) groups excluding carboxylic acids is 1. The quantitative estimate of drug-likeness (QED) is 0.651. The molecular weight excluding hydrogens is 470 g/mol. The number of amides is 1. The van der Waals surface area contributed by atoms with E-state index in [1.807, 2.05) is 20.8 Å². The van der Waals surface area contributed by atoms with E-state index in [2.05, 4.69) is 10.3 Å². The van der Waals surface area contributed by atoms with E-state index in [9.17, 15) is 9.90 Å². The highest BCUT2D eigenvalue weighted by atomic mass is 32.1. The number of hydrogen-bond donors (Lipinski definition) is 2. The monoisotopic (exact) mass is 503 g/mol. The Labute approximate surface area is 209 Å². The van der Waals surface area contributed by atoms with Crippen LogP contribution in [0.2, 0.25) is 0 Å². The van der Waals surface area contributed by atoms with Crippen LogP contribution in [0.15, 0.2) is 6.20 Å². The molecule has 3 aliphatic rings. The summed E-state index contributed by atoms with van der Waals surface area (Å²) < 4.78 is 16.8. The minimum Gasteiger partial charge on any atom is -0.489 e. The summed E-state index contributed by atoms with van der Waals surface area (Å²) in [5, 5.41) is 14.6. The van der Waals surface area contributed by atoms with Gasteiger partial charge in [0, 0.05) is 32.0 Å². The lowest BCUT2D eigenvalue weighted by atomic mass is 9.98. The van der Waals surface area contributed by atoms with Gasteiger partial charge in [-0.1, -0.05) is 0 Å². The van der Waals surface area contributed by atoms with Crippen LogP contribution in [0.25, 0.3) is 10.6 Å². The molecule has 3 aliphatic heterocycles. The molecule has 2 fully saturated rings. The number of rotatable bonds is 3. The van der Waals surface area contributed by atoms with Gasteiger partial charge < -0.3 is 29.5 Å². The molecule has 35 heavy (non-hydrogen) atoms. The van der Waals surface area contributed by atoms with Crippen LogP contribution < -0.4 is 10.1 Å². The molecular formula is C24H33N5O5S. The van der Waals surface area contributed by atoms with Crippen LogP contribution in [0.5, 0.6) is 5.75 Å². The first-order valence-corrected chi connectivity index (χ1v) is 13.1. The molecule has 2 aromatic rings. The summed E-state index contributed by atoms with van der Waals surface area (Å²) in [6.45, 7) is 8.41. The molecule has 5 heterocycles. The number of piperidine rings is 1. The molecule has 0 aliphatic carbocycles.